The van der Waals surface area contributed by atoms with Gasteiger partial charge in [0.2, 0.25) is 5.91 Å². The van der Waals surface area contributed by atoms with E-state index in [0.717, 1.165) is 6.54 Å². The summed E-state index contributed by atoms with van der Waals surface area (Å²) in [7, 11) is 2.03. The third-order valence-electron chi connectivity index (χ3n) is 3.51. The second-order valence-corrected chi connectivity index (χ2v) is 6.83. The quantitative estimate of drug-likeness (QED) is 0.793. The number of amides is 1. The molecule has 0 saturated heterocycles. The number of carbonyl (C=O) groups is 1. The molecule has 2 N–H and O–H groups in total. The van der Waals surface area contributed by atoms with E-state index in [0.29, 0.717) is 22.5 Å². The standard InChI is InChI=1S/C13H26N2OS/c1-5-15-12(16)9-17-11-8-13(2,3)7-6-10(11)14-4/h10-11,14H,5-9H2,1-4H3,(H,15,16). The Morgan fingerprint density at radius 2 is 2.18 bits per heavy atom. The van der Waals surface area contributed by atoms with E-state index >= 15 is 0 Å². The first kappa shape index (κ1) is 14.8. The van der Waals surface area contributed by atoms with Gasteiger partial charge < -0.3 is 10.6 Å². The second kappa shape index (κ2) is 6.64. The predicted octanol–water partition coefficient (Wildman–Crippen LogP) is 2.02. The first-order valence-electron chi connectivity index (χ1n) is 6.54. The Labute approximate surface area is 109 Å². The highest BCUT2D eigenvalue weighted by Gasteiger charge is 2.34. The molecular formula is C13H26N2OS. The number of hydrogen-bond donors (Lipinski definition) is 2. The van der Waals surface area contributed by atoms with E-state index < -0.39 is 0 Å². The molecule has 0 aromatic carbocycles. The molecule has 0 heterocycles. The summed E-state index contributed by atoms with van der Waals surface area (Å²) in [6, 6.07) is 0.558. The van der Waals surface area contributed by atoms with Crippen molar-refractivity contribution in [2.24, 2.45) is 5.41 Å². The van der Waals surface area contributed by atoms with E-state index in [4.69, 9.17) is 0 Å². The van der Waals surface area contributed by atoms with Crippen LogP contribution in [0.15, 0.2) is 0 Å². The molecule has 0 bridgehead atoms. The van der Waals surface area contributed by atoms with Crippen molar-refractivity contribution in [1.82, 2.24) is 10.6 Å². The molecule has 0 aromatic heterocycles. The highest BCUT2D eigenvalue weighted by molar-refractivity contribution is 8.00. The molecule has 0 spiro atoms. The largest absolute Gasteiger partial charge is 0.356 e. The zero-order valence-electron chi connectivity index (χ0n) is 11.5. The van der Waals surface area contributed by atoms with Crippen LogP contribution >= 0.6 is 11.8 Å². The Kier molecular flexibility index (Phi) is 5.80. The van der Waals surface area contributed by atoms with Crippen molar-refractivity contribution >= 4 is 17.7 Å². The minimum absolute atomic E-state index is 0.163. The molecule has 1 aliphatic carbocycles. The van der Waals surface area contributed by atoms with Crippen LogP contribution in [0.4, 0.5) is 0 Å². The molecule has 17 heavy (non-hydrogen) atoms. The molecule has 1 saturated carbocycles. The van der Waals surface area contributed by atoms with E-state index in [1.165, 1.54) is 19.3 Å². The van der Waals surface area contributed by atoms with Gasteiger partial charge in [-0.25, -0.2) is 0 Å². The summed E-state index contributed by atoms with van der Waals surface area (Å²) in [5, 5.41) is 6.81. The van der Waals surface area contributed by atoms with Crippen molar-refractivity contribution in [2.45, 2.75) is 51.3 Å². The van der Waals surface area contributed by atoms with Gasteiger partial charge in [-0.1, -0.05) is 13.8 Å². The molecule has 0 aliphatic heterocycles. The molecule has 1 fully saturated rings. The summed E-state index contributed by atoms with van der Waals surface area (Å²) in [5.41, 5.74) is 0.423. The van der Waals surface area contributed by atoms with Crippen LogP contribution in [0.3, 0.4) is 0 Å². The summed E-state index contributed by atoms with van der Waals surface area (Å²) in [5.74, 6) is 0.753. The summed E-state index contributed by atoms with van der Waals surface area (Å²) in [6.07, 6.45) is 3.69. The van der Waals surface area contributed by atoms with Gasteiger partial charge in [-0.15, -0.1) is 11.8 Å². The zero-order valence-corrected chi connectivity index (χ0v) is 12.3. The monoisotopic (exact) mass is 258 g/mol. The molecule has 3 nitrogen and oxygen atoms in total. The van der Waals surface area contributed by atoms with E-state index in [1.807, 2.05) is 14.0 Å². The summed E-state index contributed by atoms with van der Waals surface area (Å²) in [6.45, 7) is 7.35. The maximum absolute atomic E-state index is 11.5. The van der Waals surface area contributed by atoms with Gasteiger partial charge in [0.25, 0.3) is 0 Å². The van der Waals surface area contributed by atoms with Crippen molar-refractivity contribution in [1.29, 1.82) is 0 Å². The second-order valence-electron chi connectivity index (χ2n) is 5.61. The van der Waals surface area contributed by atoms with Crippen LogP contribution in [0.2, 0.25) is 0 Å². The molecule has 1 aliphatic rings. The van der Waals surface area contributed by atoms with Gasteiger partial charge in [-0.2, -0.15) is 0 Å². The average molecular weight is 258 g/mol. The van der Waals surface area contributed by atoms with Crippen LogP contribution < -0.4 is 10.6 Å². The van der Waals surface area contributed by atoms with E-state index in [-0.39, 0.29) is 5.91 Å². The molecule has 4 heteroatoms. The fraction of sp³-hybridized carbons (Fsp3) is 0.923. The highest BCUT2D eigenvalue weighted by atomic mass is 32.2. The molecule has 1 rings (SSSR count). The maximum Gasteiger partial charge on any atom is 0.229 e. The maximum atomic E-state index is 11.5. The average Bonchev–Trinajstić information content (AvgIpc) is 2.26. The number of carbonyl (C=O) groups excluding carboxylic acids is 1. The molecule has 0 aromatic rings. The van der Waals surface area contributed by atoms with Crippen molar-refractivity contribution in [3.05, 3.63) is 0 Å². The predicted molar refractivity (Wildman–Crippen MR) is 75.4 cm³/mol. The van der Waals surface area contributed by atoms with Crippen LogP contribution in [-0.4, -0.2) is 36.5 Å². The van der Waals surface area contributed by atoms with Crippen molar-refractivity contribution in [2.75, 3.05) is 19.3 Å². The Balaban J connectivity index is 2.44. The molecule has 2 atom stereocenters. The summed E-state index contributed by atoms with van der Waals surface area (Å²) >= 11 is 1.81. The van der Waals surface area contributed by atoms with E-state index in [9.17, 15) is 4.79 Å². The lowest BCUT2D eigenvalue weighted by Crippen LogP contribution is -2.43. The fourth-order valence-corrected chi connectivity index (χ4v) is 4.00. The molecular weight excluding hydrogens is 232 g/mol. The van der Waals surface area contributed by atoms with Gasteiger partial charge in [0.15, 0.2) is 0 Å². The minimum atomic E-state index is 0.163. The first-order chi connectivity index (χ1) is 7.98. The summed E-state index contributed by atoms with van der Waals surface area (Å²) < 4.78 is 0. The number of thioether (sulfide) groups is 1. The fourth-order valence-electron chi connectivity index (χ4n) is 2.46. The number of rotatable bonds is 5. The lowest BCUT2D eigenvalue weighted by atomic mass is 9.75. The molecule has 1 amide bonds. The van der Waals surface area contributed by atoms with Gasteiger partial charge in [0.1, 0.15) is 0 Å². The van der Waals surface area contributed by atoms with E-state index in [2.05, 4.69) is 24.5 Å². The van der Waals surface area contributed by atoms with E-state index in [1.54, 1.807) is 11.8 Å². The van der Waals surface area contributed by atoms with Crippen molar-refractivity contribution in [3.63, 3.8) is 0 Å². The smallest absolute Gasteiger partial charge is 0.229 e. The first-order valence-corrected chi connectivity index (χ1v) is 7.59. The van der Waals surface area contributed by atoms with Crippen LogP contribution in [0.5, 0.6) is 0 Å². The highest BCUT2D eigenvalue weighted by Crippen LogP contribution is 2.40. The zero-order chi connectivity index (χ0) is 12.9. The van der Waals surface area contributed by atoms with Crippen LogP contribution in [0, 0.1) is 5.41 Å². The summed E-state index contributed by atoms with van der Waals surface area (Å²) in [4.78, 5) is 11.5. The SMILES string of the molecule is CCNC(=O)CSC1CC(C)(C)CCC1NC. The van der Waals surface area contributed by atoms with Gasteiger partial charge in [0, 0.05) is 17.8 Å². The molecule has 100 valence electrons. The number of hydrogen-bond acceptors (Lipinski definition) is 3. The van der Waals surface area contributed by atoms with Crippen LogP contribution in [0.1, 0.15) is 40.0 Å². The Morgan fingerprint density at radius 3 is 2.76 bits per heavy atom. The lowest BCUT2D eigenvalue weighted by molar-refractivity contribution is -0.118. The molecule has 2 unspecified atom stereocenters. The molecule has 0 radical (unpaired) electrons. The van der Waals surface area contributed by atoms with Crippen LogP contribution in [0.25, 0.3) is 0 Å². The minimum Gasteiger partial charge on any atom is -0.356 e. The number of nitrogens with one attached hydrogen (secondary N) is 2. The van der Waals surface area contributed by atoms with Crippen molar-refractivity contribution < 1.29 is 4.79 Å². The Bertz CT molecular complexity index is 256. The van der Waals surface area contributed by atoms with Gasteiger partial charge >= 0.3 is 0 Å². The Morgan fingerprint density at radius 1 is 1.47 bits per heavy atom. The van der Waals surface area contributed by atoms with Gasteiger partial charge in [0.05, 0.1) is 5.75 Å². The lowest BCUT2D eigenvalue weighted by Gasteiger charge is -2.40. The third kappa shape index (κ3) is 4.88. The van der Waals surface area contributed by atoms with Crippen LogP contribution in [-0.2, 0) is 4.79 Å². The van der Waals surface area contributed by atoms with Gasteiger partial charge in [-0.05, 0) is 38.6 Å². The third-order valence-corrected chi connectivity index (χ3v) is 4.86. The normalized spacial score (nSPS) is 27.8. The topological polar surface area (TPSA) is 41.1 Å². The van der Waals surface area contributed by atoms with Gasteiger partial charge in [-0.3, -0.25) is 4.79 Å². The van der Waals surface area contributed by atoms with Crippen molar-refractivity contribution in [3.8, 4) is 0 Å². The Hall–Kier alpha value is -0.220.